The average Bonchev–Trinajstić information content (AvgIpc) is 2.93. The maximum absolute atomic E-state index is 12.5. The van der Waals surface area contributed by atoms with Gasteiger partial charge in [-0.15, -0.1) is 0 Å². The van der Waals surface area contributed by atoms with Crippen molar-refractivity contribution in [3.8, 4) is 5.75 Å². The molecule has 2 aromatic carbocycles. The first kappa shape index (κ1) is 20.5. The van der Waals surface area contributed by atoms with Gasteiger partial charge in [0.2, 0.25) is 10.0 Å². The Kier molecular flexibility index (Phi) is 5.34. The number of ether oxygens (including phenoxy) is 1. The second-order valence-electron chi connectivity index (χ2n) is 8.16. The van der Waals surface area contributed by atoms with Crippen LogP contribution in [-0.4, -0.2) is 46.5 Å². The van der Waals surface area contributed by atoms with Crippen LogP contribution in [0.25, 0.3) is 0 Å². The molecular formula is C21H29N3O3S. The molecule has 0 radical (unpaired) electrons. The Hall–Kier alpha value is -2.25. The van der Waals surface area contributed by atoms with Gasteiger partial charge >= 0.3 is 0 Å². The van der Waals surface area contributed by atoms with E-state index in [4.69, 9.17) is 4.74 Å². The van der Waals surface area contributed by atoms with Crippen molar-refractivity contribution in [3.63, 3.8) is 0 Å². The van der Waals surface area contributed by atoms with E-state index in [1.807, 2.05) is 37.2 Å². The number of anilines is 2. The summed E-state index contributed by atoms with van der Waals surface area (Å²) in [6.07, 6.45) is 0.885. The Morgan fingerprint density at radius 2 is 1.82 bits per heavy atom. The molecule has 28 heavy (non-hydrogen) atoms. The van der Waals surface area contributed by atoms with E-state index in [2.05, 4.69) is 25.2 Å². The van der Waals surface area contributed by atoms with Crippen LogP contribution in [0.1, 0.15) is 25.0 Å². The molecule has 0 fully saturated rings. The molecule has 1 aliphatic heterocycles. The normalized spacial score (nSPS) is 15.2. The minimum Gasteiger partial charge on any atom is -0.487 e. The molecule has 6 nitrogen and oxygen atoms in total. The lowest BCUT2D eigenvalue weighted by atomic mass is 10.0. The van der Waals surface area contributed by atoms with E-state index in [0.717, 1.165) is 29.1 Å². The summed E-state index contributed by atoms with van der Waals surface area (Å²) in [7, 11) is 3.45. The zero-order valence-electron chi connectivity index (χ0n) is 17.4. The first-order chi connectivity index (χ1) is 13.0. The molecule has 0 aromatic heterocycles. The fourth-order valence-corrected chi connectivity index (χ4v) is 4.36. The highest BCUT2D eigenvalue weighted by atomic mass is 32.2. The van der Waals surface area contributed by atoms with Crippen LogP contribution in [0.5, 0.6) is 5.75 Å². The van der Waals surface area contributed by atoms with Crippen molar-refractivity contribution in [3.05, 3.63) is 47.5 Å². The number of hydrogen-bond donors (Lipinski definition) is 1. The zero-order valence-corrected chi connectivity index (χ0v) is 18.2. The summed E-state index contributed by atoms with van der Waals surface area (Å²) in [6, 6.07) is 11.3. The molecule has 152 valence electrons. The number of benzene rings is 2. The van der Waals surface area contributed by atoms with Gasteiger partial charge < -0.3 is 15.0 Å². The molecule has 3 rings (SSSR count). The molecule has 1 aliphatic rings. The SMILES string of the molecule is CN(C)c1ccc(S(=O)(=O)N(C)C)cc1NCc1cccc2c1OC(C)(C)C2. The summed E-state index contributed by atoms with van der Waals surface area (Å²) >= 11 is 0. The minimum absolute atomic E-state index is 0.201. The number of sulfonamides is 1. The summed E-state index contributed by atoms with van der Waals surface area (Å²) in [5.74, 6) is 0.934. The maximum atomic E-state index is 12.5. The number of nitrogens with zero attached hydrogens (tertiary/aromatic N) is 2. The summed E-state index contributed by atoms with van der Waals surface area (Å²) in [4.78, 5) is 2.23. The van der Waals surface area contributed by atoms with Gasteiger partial charge in [-0.1, -0.05) is 18.2 Å². The van der Waals surface area contributed by atoms with E-state index in [1.54, 1.807) is 12.1 Å². The van der Waals surface area contributed by atoms with Crippen LogP contribution in [0.3, 0.4) is 0 Å². The van der Waals surface area contributed by atoms with Crippen LogP contribution in [0, 0.1) is 0 Å². The summed E-state index contributed by atoms with van der Waals surface area (Å²) in [5.41, 5.74) is 3.76. The summed E-state index contributed by atoms with van der Waals surface area (Å²) in [6.45, 7) is 4.72. The van der Waals surface area contributed by atoms with Gasteiger partial charge in [0.15, 0.2) is 0 Å². The van der Waals surface area contributed by atoms with Crippen LogP contribution < -0.4 is 15.0 Å². The molecule has 0 amide bonds. The van der Waals surface area contributed by atoms with E-state index in [-0.39, 0.29) is 10.5 Å². The van der Waals surface area contributed by atoms with Crippen LogP contribution in [0.4, 0.5) is 11.4 Å². The molecule has 0 bridgehead atoms. The molecule has 1 N–H and O–H groups in total. The summed E-state index contributed by atoms with van der Waals surface area (Å²) in [5, 5.41) is 3.41. The standard InChI is InChI=1S/C21H29N3O3S/c1-21(2)13-15-8-7-9-16(20(15)27-21)14-22-18-12-17(28(25,26)24(5)6)10-11-19(18)23(3)4/h7-12,22H,13-14H2,1-6H3. The lowest BCUT2D eigenvalue weighted by Crippen LogP contribution is -2.25. The van der Waals surface area contributed by atoms with Gasteiger partial charge in [0.05, 0.1) is 16.3 Å². The van der Waals surface area contributed by atoms with Crippen LogP contribution >= 0.6 is 0 Å². The molecule has 2 aromatic rings. The Balaban J connectivity index is 1.92. The third kappa shape index (κ3) is 3.95. The van der Waals surface area contributed by atoms with E-state index in [1.165, 1.54) is 24.0 Å². The van der Waals surface area contributed by atoms with Gasteiger partial charge in [-0.2, -0.15) is 0 Å². The van der Waals surface area contributed by atoms with E-state index in [0.29, 0.717) is 6.54 Å². The second-order valence-corrected chi connectivity index (χ2v) is 10.3. The fraction of sp³-hybridized carbons (Fsp3) is 0.429. The van der Waals surface area contributed by atoms with Crippen molar-refractivity contribution in [2.75, 3.05) is 38.4 Å². The molecule has 1 heterocycles. The van der Waals surface area contributed by atoms with E-state index < -0.39 is 10.0 Å². The summed E-state index contributed by atoms with van der Waals surface area (Å²) < 4.78 is 32.4. The number of hydrogen-bond acceptors (Lipinski definition) is 5. The molecular weight excluding hydrogens is 374 g/mol. The van der Waals surface area contributed by atoms with Crippen molar-refractivity contribution >= 4 is 21.4 Å². The molecule has 0 saturated carbocycles. The topological polar surface area (TPSA) is 61.9 Å². The van der Waals surface area contributed by atoms with Crippen molar-refractivity contribution in [2.45, 2.75) is 37.3 Å². The van der Waals surface area contributed by atoms with Gasteiger partial charge in [-0.25, -0.2) is 12.7 Å². The Morgan fingerprint density at radius 1 is 1.11 bits per heavy atom. The quantitative estimate of drug-likeness (QED) is 0.802. The predicted molar refractivity (Wildman–Crippen MR) is 114 cm³/mol. The van der Waals surface area contributed by atoms with Gasteiger partial charge in [-0.05, 0) is 37.6 Å². The van der Waals surface area contributed by atoms with E-state index >= 15 is 0 Å². The lowest BCUT2D eigenvalue weighted by Gasteiger charge is -2.21. The Bertz CT molecular complexity index is 982. The third-order valence-corrected chi connectivity index (χ3v) is 6.68. The highest BCUT2D eigenvalue weighted by Crippen LogP contribution is 2.38. The first-order valence-corrected chi connectivity index (χ1v) is 10.7. The van der Waals surface area contributed by atoms with E-state index in [9.17, 15) is 8.42 Å². The lowest BCUT2D eigenvalue weighted by molar-refractivity contribution is 0.137. The smallest absolute Gasteiger partial charge is 0.242 e. The largest absolute Gasteiger partial charge is 0.487 e. The average molecular weight is 404 g/mol. The number of nitrogens with one attached hydrogen (secondary N) is 1. The molecule has 0 atom stereocenters. The second kappa shape index (κ2) is 7.29. The fourth-order valence-electron chi connectivity index (χ4n) is 3.43. The van der Waals surface area contributed by atoms with Gasteiger partial charge in [0.1, 0.15) is 11.4 Å². The minimum atomic E-state index is -3.50. The van der Waals surface area contributed by atoms with Crippen LogP contribution in [0.2, 0.25) is 0 Å². The Morgan fingerprint density at radius 3 is 2.46 bits per heavy atom. The van der Waals surface area contributed by atoms with Crippen molar-refractivity contribution < 1.29 is 13.2 Å². The van der Waals surface area contributed by atoms with Gasteiger partial charge in [0, 0.05) is 46.7 Å². The van der Waals surface area contributed by atoms with Crippen LogP contribution in [0.15, 0.2) is 41.3 Å². The monoisotopic (exact) mass is 403 g/mol. The van der Waals surface area contributed by atoms with Crippen LogP contribution in [-0.2, 0) is 23.0 Å². The number of para-hydroxylation sites is 1. The van der Waals surface area contributed by atoms with Crippen molar-refractivity contribution in [1.82, 2.24) is 4.31 Å². The highest BCUT2D eigenvalue weighted by Gasteiger charge is 2.31. The molecule has 0 spiro atoms. The third-order valence-electron chi connectivity index (χ3n) is 4.87. The molecule has 0 unspecified atom stereocenters. The highest BCUT2D eigenvalue weighted by molar-refractivity contribution is 7.89. The van der Waals surface area contributed by atoms with Gasteiger partial charge in [0.25, 0.3) is 0 Å². The Labute approximate surface area is 168 Å². The molecule has 0 saturated heterocycles. The zero-order chi connectivity index (χ0) is 20.7. The number of rotatable bonds is 6. The van der Waals surface area contributed by atoms with Crippen molar-refractivity contribution in [1.29, 1.82) is 0 Å². The van der Waals surface area contributed by atoms with Gasteiger partial charge in [-0.3, -0.25) is 0 Å². The van der Waals surface area contributed by atoms with Crippen molar-refractivity contribution in [2.24, 2.45) is 0 Å². The maximum Gasteiger partial charge on any atom is 0.242 e. The molecule has 0 aliphatic carbocycles. The first-order valence-electron chi connectivity index (χ1n) is 9.29. The number of fused-ring (bicyclic) bond motifs is 1. The predicted octanol–water partition coefficient (Wildman–Crippen LogP) is 3.33. The molecule has 7 heteroatoms.